The van der Waals surface area contributed by atoms with Crippen LogP contribution in [0.3, 0.4) is 0 Å². The van der Waals surface area contributed by atoms with Crippen molar-refractivity contribution in [2.24, 2.45) is 11.8 Å². The smallest absolute Gasteiger partial charge is 0.198 e. The van der Waals surface area contributed by atoms with Crippen LogP contribution in [0.15, 0.2) is 107 Å². The first-order chi connectivity index (χ1) is 28.8. The molecule has 2 fully saturated rings. The molecule has 0 N–H and O–H groups in total. The van der Waals surface area contributed by atoms with E-state index in [-0.39, 0.29) is 0 Å². The van der Waals surface area contributed by atoms with Gasteiger partial charge in [-0.05, 0) is 158 Å². The van der Waals surface area contributed by atoms with Crippen molar-refractivity contribution in [3.63, 3.8) is 0 Å². The third kappa shape index (κ3) is 17.7. The molecule has 322 valence electrons. The van der Waals surface area contributed by atoms with Gasteiger partial charge in [0, 0.05) is 9.79 Å². The zero-order valence-electron chi connectivity index (χ0n) is 35.9. The molecule has 59 heavy (non-hydrogen) atoms. The highest BCUT2D eigenvalue weighted by atomic mass is 32.2. The summed E-state index contributed by atoms with van der Waals surface area (Å²) in [7, 11) is 0. The second kappa shape index (κ2) is 26.6. The molecule has 0 aromatic heterocycles. The van der Waals surface area contributed by atoms with E-state index >= 15 is 0 Å². The normalized spacial score (nSPS) is 19.5. The van der Waals surface area contributed by atoms with Gasteiger partial charge in [0.05, 0.1) is 0 Å². The van der Waals surface area contributed by atoms with Crippen LogP contribution < -0.4 is 0 Å². The molecular weight excluding hydrogens is 777 g/mol. The Labute approximate surface area is 363 Å². The van der Waals surface area contributed by atoms with Gasteiger partial charge in [0.15, 0.2) is 0 Å². The van der Waals surface area contributed by atoms with E-state index in [1.165, 1.54) is 143 Å². The Morgan fingerprint density at radius 1 is 0.407 bits per heavy atom. The van der Waals surface area contributed by atoms with Crippen LogP contribution in [-0.2, 0) is 25.7 Å². The molecule has 6 heteroatoms. The average molecular weight is 847 g/mol. The maximum Gasteiger partial charge on any atom is 0.288 e. The van der Waals surface area contributed by atoms with Crippen molar-refractivity contribution in [2.45, 2.75) is 182 Å². The van der Waals surface area contributed by atoms with Gasteiger partial charge in [-0.25, -0.2) is 0 Å². The van der Waals surface area contributed by atoms with Crippen LogP contribution in [0.25, 0.3) is 0 Å². The quantitative estimate of drug-likeness (QED) is 0.0465. The third-order valence-electron chi connectivity index (χ3n) is 13.0. The predicted molar refractivity (Wildman–Crippen MR) is 247 cm³/mol. The molecule has 0 heterocycles. The van der Waals surface area contributed by atoms with E-state index in [1.54, 1.807) is 24.3 Å². The van der Waals surface area contributed by atoms with Gasteiger partial charge in [0.2, 0.25) is 0 Å². The van der Waals surface area contributed by atoms with Crippen molar-refractivity contribution in [1.29, 1.82) is 0 Å². The highest BCUT2D eigenvalue weighted by molar-refractivity contribution is 7.99. The fourth-order valence-corrected chi connectivity index (χ4v) is 10.3. The number of benzene rings is 4. The number of thioether (sulfide) groups is 2. The molecule has 2 aliphatic carbocycles. The van der Waals surface area contributed by atoms with Gasteiger partial charge in [-0.3, -0.25) is 0 Å². The molecule has 0 spiro atoms. The standard InChI is InChI=1S/C27H36F2S.C26H34F2S/c1-2-3-4-5-6-21-9-15-24(16-10-21)25-17-11-22(12-18-25)7-8-23-13-19-26(20-14-23)30-27(28)29;1-2-3-4-5-20-8-14-23(15-9-20)24-16-10-21(11-17-24)6-7-22-12-18-25(19-13-22)29-26(27)28/h11-14,17-21,24,27H,2-10,15-16H2,1H3;10-13,16-20,23,26H,2-9,14-15H2,1H3. The lowest BCUT2D eigenvalue weighted by Crippen LogP contribution is -2.13. The molecule has 0 nitrogen and oxygen atoms in total. The minimum Gasteiger partial charge on any atom is -0.198 e. The van der Waals surface area contributed by atoms with Gasteiger partial charge < -0.3 is 0 Å². The molecule has 0 radical (unpaired) electrons. The van der Waals surface area contributed by atoms with E-state index < -0.39 is 11.5 Å². The fourth-order valence-electron chi connectivity index (χ4n) is 9.28. The lowest BCUT2D eigenvalue weighted by Gasteiger charge is -2.29. The Balaban J connectivity index is 0.000000224. The molecule has 4 aromatic rings. The fraction of sp³-hybridized carbons (Fsp3) is 0.547. The minimum atomic E-state index is -2.35. The molecule has 0 bridgehead atoms. The number of hydrogen-bond donors (Lipinski definition) is 0. The molecule has 0 aliphatic heterocycles. The number of unbranched alkanes of at least 4 members (excludes halogenated alkanes) is 5. The summed E-state index contributed by atoms with van der Waals surface area (Å²) in [6.45, 7) is 4.57. The second-order valence-corrected chi connectivity index (χ2v) is 19.4. The van der Waals surface area contributed by atoms with Gasteiger partial charge in [-0.2, -0.15) is 17.6 Å². The van der Waals surface area contributed by atoms with Crippen LogP contribution in [0.4, 0.5) is 17.6 Å². The predicted octanol–water partition coefficient (Wildman–Crippen LogP) is 17.7. The van der Waals surface area contributed by atoms with Gasteiger partial charge in [-0.1, -0.05) is 168 Å². The first-order valence-electron chi connectivity index (χ1n) is 23.0. The van der Waals surface area contributed by atoms with Crippen molar-refractivity contribution in [3.05, 3.63) is 130 Å². The summed E-state index contributed by atoms with van der Waals surface area (Å²) in [5.41, 5.74) is 8.14. The van der Waals surface area contributed by atoms with Crippen LogP contribution in [0.1, 0.15) is 168 Å². The number of hydrogen-bond acceptors (Lipinski definition) is 2. The van der Waals surface area contributed by atoms with Crippen LogP contribution in [0, 0.1) is 11.8 Å². The zero-order valence-corrected chi connectivity index (χ0v) is 37.5. The number of alkyl halides is 4. The van der Waals surface area contributed by atoms with Crippen LogP contribution in [0.5, 0.6) is 0 Å². The summed E-state index contributed by atoms with van der Waals surface area (Å²) in [4.78, 5) is 1.27. The van der Waals surface area contributed by atoms with E-state index in [0.29, 0.717) is 33.3 Å². The Hall–Kier alpha value is -2.70. The van der Waals surface area contributed by atoms with Crippen molar-refractivity contribution >= 4 is 23.5 Å². The highest BCUT2D eigenvalue weighted by Crippen LogP contribution is 2.39. The van der Waals surface area contributed by atoms with E-state index in [0.717, 1.165) is 49.4 Å². The van der Waals surface area contributed by atoms with E-state index in [2.05, 4.69) is 62.4 Å². The molecule has 2 saturated carbocycles. The third-order valence-corrected chi connectivity index (χ3v) is 14.4. The van der Waals surface area contributed by atoms with Crippen molar-refractivity contribution in [1.82, 2.24) is 0 Å². The number of aryl methyl sites for hydroxylation is 4. The minimum absolute atomic E-state index is 0.608. The summed E-state index contributed by atoms with van der Waals surface area (Å²) in [6, 6.07) is 33.6. The number of halogens is 4. The molecule has 0 atom stereocenters. The van der Waals surface area contributed by atoms with E-state index in [1.807, 2.05) is 24.3 Å². The molecule has 0 unspecified atom stereocenters. The Morgan fingerprint density at radius 3 is 1.03 bits per heavy atom. The summed E-state index contributed by atoms with van der Waals surface area (Å²) >= 11 is 1.22. The Bertz CT molecular complexity index is 1670. The van der Waals surface area contributed by atoms with Crippen molar-refractivity contribution < 1.29 is 17.6 Å². The monoisotopic (exact) mass is 846 g/mol. The Morgan fingerprint density at radius 2 is 0.712 bits per heavy atom. The Kier molecular flexibility index (Phi) is 21.3. The summed E-state index contributed by atoms with van der Waals surface area (Å²) in [6.07, 6.45) is 27.4. The van der Waals surface area contributed by atoms with Crippen LogP contribution >= 0.6 is 23.5 Å². The summed E-state index contributed by atoms with van der Waals surface area (Å²) in [5, 5.41) is 0. The largest absolute Gasteiger partial charge is 0.288 e. The molecule has 0 saturated heterocycles. The van der Waals surface area contributed by atoms with Gasteiger partial charge >= 0.3 is 0 Å². The number of rotatable bonds is 21. The van der Waals surface area contributed by atoms with Crippen LogP contribution in [-0.4, -0.2) is 11.5 Å². The lowest BCUT2D eigenvalue weighted by atomic mass is 9.77. The lowest BCUT2D eigenvalue weighted by molar-refractivity contribution is 0.251. The van der Waals surface area contributed by atoms with Gasteiger partial charge in [0.25, 0.3) is 11.5 Å². The summed E-state index contributed by atoms with van der Waals surface area (Å²) < 4.78 is 49.6. The van der Waals surface area contributed by atoms with Crippen molar-refractivity contribution in [2.75, 3.05) is 0 Å². The van der Waals surface area contributed by atoms with E-state index in [4.69, 9.17) is 0 Å². The molecule has 0 amide bonds. The van der Waals surface area contributed by atoms with E-state index in [9.17, 15) is 17.6 Å². The first kappa shape index (κ1) is 47.4. The maximum atomic E-state index is 12.4. The summed E-state index contributed by atoms with van der Waals surface area (Å²) in [5.74, 6) is -1.30. The van der Waals surface area contributed by atoms with Gasteiger partial charge in [0.1, 0.15) is 0 Å². The maximum absolute atomic E-state index is 12.4. The molecule has 6 rings (SSSR count). The molecule has 2 aliphatic rings. The zero-order chi connectivity index (χ0) is 41.7. The second-order valence-electron chi connectivity index (χ2n) is 17.3. The average Bonchev–Trinajstić information content (AvgIpc) is 3.25. The molecule has 4 aromatic carbocycles. The van der Waals surface area contributed by atoms with Crippen LogP contribution in [0.2, 0.25) is 0 Å². The highest BCUT2D eigenvalue weighted by Gasteiger charge is 2.23. The van der Waals surface area contributed by atoms with Gasteiger partial charge in [-0.15, -0.1) is 0 Å². The topological polar surface area (TPSA) is 0 Å². The SMILES string of the molecule is CCCCCC1CCC(c2ccc(CCc3ccc(SC(F)F)cc3)cc2)CC1.CCCCCCC1CCC(c2ccc(CCc3ccc(SC(F)F)cc3)cc2)CC1. The first-order valence-corrected chi connectivity index (χ1v) is 24.8. The molecular formula is C53H70F4S2. The van der Waals surface area contributed by atoms with Crippen molar-refractivity contribution in [3.8, 4) is 0 Å².